The predicted molar refractivity (Wildman–Crippen MR) is 89.9 cm³/mol. The molecule has 24 heavy (non-hydrogen) atoms. The molecule has 1 fully saturated rings. The summed E-state index contributed by atoms with van der Waals surface area (Å²) < 4.78 is 13.2. The van der Waals surface area contributed by atoms with Gasteiger partial charge in [-0.1, -0.05) is 6.07 Å². The molecule has 6 nitrogen and oxygen atoms in total. The number of piperazine rings is 1. The number of carbonyl (C=O) groups is 2. The van der Waals surface area contributed by atoms with Crippen molar-refractivity contribution in [2.75, 3.05) is 38.5 Å². The van der Waals surface area contributed by atoms with Gasteiger partial charge in [-0.25, -0.2) is 9.37 Å². The van der Waals surface area contributed by atoms with E-state index in [9.17, 15) is 14.0 Å². The number of anilines is 1. The molecule has 1 N–H and O–H groups in total. The standard InChI is InChI=1S/C16H17FN4O2S/c1-20-5-7-21(8-6-20)15(23)13-10-24-16(18-13)19-14(22)11-3-2-4-12(17)9-11/h2-4,9-10H,5-8H2,1H3,(H,18,19,22). The number of thiazole rings is 1. The molecule has 0 unspecified atom stereocenters. The van der Waals surface area contributed by atoms with E-state index in [2.05, 4.69) is 15.2 Å². The van der Waals surface area contributed by atoms with E-state index in [1.54, 1.807) is 10.3 Å². The molecule has 2 amide bonds. The van der Waals surface area contributed by atoms with E-state index in [1.807, 2.05) is 7.05 Å². The summed E-state index contributed by atoms with van der Waals surface area (Å²) in [6.45, 7) is 2.99. The topological polar surface area (TPSA) is 65.5 Å². The quantitative estimate of drug-likeness (QED) is 0.920. The molecular weight excluding hydrogens is 331 g/mol. The van der Waals surface area contributed by atoms with Crippen LogP contribution in [-0.4, -0.2) is 59.8 Å². The number of amides is 2. The number of benzene rings is 1. The van der Waals surface area contributed by atoms with Crippen molar-refractivity contribution in [2.24, 2.45) is 0 Å². The lowest BCUT2D eigenvalue weighted by Crippen LogP contribution is -2.47. The molecule has 0 saturated carbocycles. The van der Waals surface area contributed by atoms with Crippen molar-refractivity contribution in [3.05, 3.63) is 46.7 Å². The van der Waals surface area contributed by atoms with E-state index in [0.29, 0.717) is 23.9 Å². The highest BCUT2D eigenvalue weighted by Crippen LogP contribution is 2.18. The molecule has 0 aliphatic carbocycles. The van der Waals surface area contributed by atoms with Crippen LogP contribution in [0, 0.1) is 5.82 Å². The first kappa shape index (κ1) is 16.5. The maximum atomic E-state index is 13.2. The zero-order valence-corrected chi connectivity index (χ0v) is 14.0. The lowest BCUT2D eigenvalue weighted by molar-refractivity contribution is 0.0659. The summed E-state index contributed by atoms with van der Waals surface area (Å²) in [5.74, 6) is -1.07. The molecule has 1 aliphatic heterocycles. The smallest absolute Gasteiger partial charge is 0.273 e. The summed E-state index contributed by atoms with van der Waals surface area (Å²) in [6.07, 6.45) is 0. The van der Waals surface area contributed by atoms with Gasteiger partial charge in [0.05, 0.1) is 0 Å². The lowest BCUT2D eigenvalue weighted by Gasteiger charge is -2.31. The number of carbonyl (C=O) groups excluding carboxylic acids is 2. The largest absolute Gasteiger partial charge is 0.335 e. The minimum absolute atomic E-state index is 0.134. The summed E-state index contributed by atoms with van der Waals surface area (Å²) in [6, 6.07) is 5.41. The number of nitrogens with one attached hydrogen (secondary N) is 1. The fourth-order valence-electron chi connectivity index (χ4n) is 2.40. The van der Waals surface area contributed by atoms with Gasteiger partial charge < -0.3 is 9.80 Å². The fourth-order valence-corrected chi connectivity index (χ4v) is 3.08. The number of hydrogen-bond donors (Lipinski definition) is 1. The number of aromatic nitrogens is 1. The van der Waals surface area contributed by atoms with Crippen LogP contribution in [0.1, 0.15) is 20.8 Å². The van der Waals surface area contributed by atoms with Gasteiger partial charge in [0.2, 0.25) is 0 Å². The number of halogens is 1. The molecule has 8 heteroatoms. The second-order valence-corrected chi connectivity index (χ2v) is 6.46. The molecule has 1 aromatic heterocycles. The Kier molecular flexibility index (Phi) is 4.86. The van der Waals surface area contributed by atoms with E-state index >= 15 is 0 Å². The van der Waals surface area contributed by atoms with Gasteiger partial charge in [-0.05, 0) is 25.2 Å². The third-order valence-corrected chi connectivity index (χ3v) is 4.58. The second-order valence-electron chi connectivity index (χ2n) is 5.60. The van der Waals surface area contributed by atoms with Crippen LogP contribution in [0.15, 0.2) is 29.6 Å². The van der Waals surface area contributed by atoms with Crippen LogP contribution in [0.3, 0.4) is 0 Å². The van der Waals surface area contributed by atoms with Gasteiger partial charge in [-0.2, -0.15) is 0 Å². The van der Waals surface area contributed by atoms with E-state index in [0.717, 1.165) is 19.2 Å². The molecule has 3 rings (SSSR count). The van der Waals surface area contributed by atoms with Gasteiger partial charge in [-0.15, -0.1) is 11.3 Å². The first-order valence-electron chi connectivity index (χ1n) is 7.53. The zero-order chi connectivity index (χ0) is 17.1. The highest BCUT2D eigenvalue weighted by molar-refractivity contribution is 7.14. The zero-order valence-electron chi connectivity index (χ0n) is 13.2. The maximum absolute atomic E-state index is 13.2. The van der Waals surface area contributed by atoms with Gasteiger partial charge in [0, 0.05) is 37.1 Å². The second kappa shape index (κ2) is 7.06. The van der Waals surface area contributed by atoms with E-state index < -0.39 is 11.7 Å². The van der Waals surface area contributed by atoms with Crippen LogP contribution < -0.4 is 5.32 Å². The van der Waals surface area contributed by atoms with Gasteiger partial charge in [0.25, 0.3) is 11.8 Å². The molecule has 2 heterocycles. The normalized spacial score (nSPS) is 15.3. The Morgan fingerprint density at radius 2 is 2.00 bits per heavy atom. The number of rotatable bonds is 3. The molecule has 1 aliphatic rings. The Hall–Kier alpha value is -2.32. The van der Waals surface area contributed by atoms with Crippen LogP contribution in [0.2, 0.25) is 0 Å². The molecule has 0 bridgehead atoms. The highest BCUT2D eigenvalue weighted by atomic mass is 32.1. The molecule has 0 radical (unpaired) electrons. The summed E-state index contributed by atoms with van der Waals surface area (Å²) in [5.41, 5.74) is 0.524. The molecule has 1 saturated heterocycles. The van der Waals surface area contributed by atoms with Gasteiger partial charge in [-0.3, -0.25) is 14.9 Å². The molecule has 0 spiro atoms. The Bertz CT molecular complexity index is 756. The van der Waals surface area contributed by atoms with Crippen molar-refractivity contribution in [1.29, 1.82) is 0 Å². The van der Waals surface area contributed by atoms with Crippen LogP contribution in [0.25, 0.3) is 0 Å². The van der Waals surface area contributed by atoms with Crippen LogP contribution >= 0.6 is 11.3 Å². The van der Waals surface area contributed by atoms with Crippen molar-refractivity contribution in [3.63, 3.8) is 0 Å². The van der Waals surface area contributed by atoms with Gasteiger partial charge in [0.15, 0.2) is 5.13 Å². The maximum Gasteiger partial charge on any atom is 0.273 e. The Morgan fingerprint density at radius 1 is 1.25 bits per heavy atom. The van der Waals surface area contributed by atoms with Gasteiger partial charge >= 0.3 is 0 Å². The molecule has 0 atom stereocenters. The van der Waals surface area contributed by atoms with Crippen LogP contribution in [0.5, 0.6) is 0 Å². The minimum atomic E-state index is -0.479. The molecule has 2 aromatic rings. The SMILES string of the molecule is CN1CCN(C(=O)c2csc(NC(=O)c3cccc(F)c3)n2)CC1. The lowest BCUT2D eigenvalue weighted by atomic mass is 10.2. The molecule has 1 aromatic carbocycles. The van der Waals surface area contributed by atoms with E-state index in [1.165, 1.54) is 29.5 Å². The van der Waals surface area contributed by atoms with Crippen LogP contribution in [0.4, 0.5) is 9.52 Å². The van der Waals surface area contributed by atoms with E-state index in [-0.39, 0.29) is 11.5 Å². The molecule has 126 valence electrons. The van der Waals surface area contributed by atoms with Crippen molar-refractivity contribution >= 4 is 28.3 Å². The predicted octanol–water partition coefficient (Wildman–Crippen LogP) is 1.92. The summed E-state index contributed by atoms with van der Waals surface area (Å²) >= 11 is 1.17. The third kappa shape index (κ3) is 3.77. The Balaban J connectivity index is 1.65. The monoisotopic (exact) mass is 348 g/mol. The van der Waals surface area contributed by atoms with Crippen molar-refractivity contribution in [1.82, 2.24) is 14.8 Å². The first-order chi connectivity index (χ1) is 11.5. The van der Waals surface area contributed by atoms with Gasteiger partial charge in [0.1, 0.15) is 11.5 Å². The van der Waals surface area contributed by atoms with Crippen molar-refractivity contribution in [3.8, 4) is 0 Å². The summed E-state index contributed by atoms with van der Waals surface area (Å²) in [7, 11) is 2.02. The van der Waals surface area contributed by atoms with Crippen LogP contribution in [-0.2, 0) is 0 Å². The Labute approximate surface area is 142 Å². The average molecular weight is 348 g/mol. The van der Waals surface area contributed by atoms with Crippen molar-refractivity contribution in [2.45, 2.75) is 0 Å². The Morgan fingerprint density at radius 3 is 2.71 bits per heavy atom. The van der Waals surface area contributed by atoms with E-state index in [4.69, 9.17) is 0 Å². The number of hydrogen-bond acceptors (Lipinski definition) is 5. The van der Waals surface area contributed by atoms with Crippen molar-refractivity contribution < 1.29 is 14.0 Å². The average Bonchev–Trinajstić information content (AvgIpc) is 3.03. The number of nitrogens with zero attached hydrogens (tertiary/aromatic N) is 3. The molecular formula is C16H17FN4O2S. The fraction of sp³-hybridized carbons (Fsp3) is 0.312. The summed E-state index contributed by atoms with van der Waals surface area (Å²) in [5, 5.41) is 4.54. The third-order valence-electron chi connectivity index (χ3n) is 3.82. The first-order valence-corrected chi connectivity index (χ1v) is 8.41. The minimum Gasteiger partial charge on any atom is -0.335 e. The highest BCUT2D eigenvalue weighted by Gasteiger charge is 2.22. The summed E-state index contributed by atoms with van der Waals surface area (Å²) in [4.78, 5) is 32.6. The number of likely N-dealkylation sites (N-methyl/N-ethyl adjacent to an activating group) is 1.